The molecule has 2 N–H and O–H groups in total. The van der Waals surface area contributed by atoms with Crippen LogP contribution in [-0.4, -0.2) is 15.6 Å². The van der Waals surface area contributed by atoms with E-state index in [0.29, 0.717) is 5.69 Å². The van der Waals surface area contributed by atoms with Gasteiger partial charge in [0.1, 0.15) is 0 Å². The molecule has 8 heteroatoms. The Morgan fingerprint density at radius 3 is 2.38 bits per heavy atom. The highest BCUT2D eigenvalue weighted by Crippen LogP contribution is 2.33. The number of urea groups is 1. The molecule has 0 radical (unpaired) electrons. The predicted molar refractivity (Wildman–Crippen MR) is 121 cm³/mol. The van der Waals surface area contributed by atoms with Crippen molar-refractivity contribution in [3.8, 4) is 0 Å². The molecule has 0 aliphatic carbocycles. The number of pyridine rings is 1. The third-order valence-corrected chi connectivity index (χ3v) is 5.42. The van der Waals surface area contributed by atoms with Gasteiger partial charge >= 0.3 is 12.2 Å². The van der Waals surface area contributed by atoms with Crippen molar-refractivity contribution in [2.24, 2.45) is 0 Å². The maximum Gasteiger partial charge on any atom is 0.416 e. The third-order valence-electron chi connectivity index (χ3n) is 5.42. The maximum atomic E-state index is 12.7. The number of rotatable bonds is 5. The van der Waals surface area contributed by atoms with Crippen LogP contribution < -0.4 is 10.6 Å². The summed E-state index contributed by atoms with van der Waals surface area (Å²) in [5, 5.41) is 7.40. The predicted octanol–water partition coefficient (Wildman–Crippen LogP) is 6.96. The third kappa shape index (κ3) is 4.26. The first-order chi connectivity index (χ1) is 15.3. The molecule has 0 unspecified atom stereocenters. The van der Waals surface area contributed by atoms with Gasteiger partial charge in [-0.1, -0.05) is 13.3 Å². The molecule has 166 valence electrons. The van der Waals surface area contributed by atoms with E-state index in [-0.39, 0.29) is 5.69 Å². The number of carbonyl (C=O) groups is 1. The molecule has 0 aliphatic heterocycles. The van der Waals surface area contributed by atoms with Crippen molar-refractivity contribution in [1.29, 1.82) is 0 Å². The first kappa shape index (κ1) is 21.7. The minimum absolute atomic E-state index is 0.273. The molecule has 2 aromatic carbocycles. The van der Waals surface area contributed by atoms with E-state index in [1.54, 1.807) is 6.20 Å². The molecule has 32 heavy (non-hydrogen) atoms. The highest BCUT2D eigenvalue weighted by Gasteiger charge is 2.30. The summed E-state index contributed by atoms with van der Waals surface area (Å²) in [7, 11) is 0. The van der Waals surface area contributed by atoms with Gasteiger partial charge < -0.3 is 15.2 Å². The average Bonchev–Trinajstić information content (AvgIpc) is 3.06. The molecular weight excluding hydrogens is 417 g/mol. The second-order valence-electron chi connectivity index (χ2n) is 7.68. The fourth-order valence-corrected chi connectivity index (χ4v) is 3.89. The number of halogens is 3. The van der Waals surface area contributed by atoms with E-state index < -0.39 is 17.8 Å². The van der Waals surface area contributed by atoms with E-state index in [1.165, 1.54) is 12.1 Å². The van der Waals surface area contributed by atoms with Gasteiger partial charge in [0, 0.05) is 40.4 Å². The van der Waals surface area contributed by atoms with Gasteiger partial charge in [-0.15, -0.1) is 0 Å². The zero-order valence-corrected chi connectivity index (χ0v) is 17.8. The molecule has 0 aliphatic rings. The number of amides is 2. The lowest BCUT2D eigenvalue weighted by atomic mass is 10.1. The van der Waals surface area contributed by atoms with Crippen molar-refractivity contribution in [1.82, 2.24) is 9.55 Å². The molecule has 0 saturated carbocycles. The summed E-state index contributed by atoms with van der Waals surface area (Å²) in [5.74, 6) is 0. The second-order valence-corrected chi connectivity index (χ2v) is 7.68. The Morgan fingerprint density at radius 2 is 1.69 bits per heavy atom. The summed E-state index contributed by atoms with van der Waals surface area (Å²) >= 11 is 0. The number of carbonyl (C=O) groups excluding carboxylic acids is 1. The summed E-state index contributed by atoms with van der Waals surface area (Å²) in [5.41, 5.74) is 3.20. The number of aryl methyl sites for hydroxylation is 2. The number of unbranched alkanes of at least 4 members (excludes halogenated alkanes) is 1. The molecule has 4 rings (SSSR count). The van der Waals surface area contributed by atoms with E-state index in [4.69, 9.17) is 0 Å². The Morgan fingerprint density at radius 1 is 1.00 bits per heavy atom. The second kappa shape index (κ2) is 8.53. The highest BCUT2D eigenvalue weighted by atomic mass is 19.4. The average molecular weight is 440 g/mol. The lowest BCUT2D eigenvalue weighted by molar-refractivity contribution is -0.137. The maximum absolute atomic E-state index is 12.7. The fourth-order valence-electron chi connectivity index (χ4n) is 3.89. The number of hydrogen-bond acceptors (Lipinski definition) is 2. The van der Waals surface area contributed by atoms with Crippen LogP contribution >= 0.6 is 0 Å². The van der Waals surface area contributed by atoms with Crippen LogP contribution in [0.15, 0.2) is 54.7 Å². The molecule has 0 saturated heterocycles. The quantitative estimate of drug-likeness (QED) is 0.352. The van der Waals surface area contributed by atoms with Crippen LogP contribution in [0.1, 0.15) is 31.0 Å². The van der Waals surface area contributed by atoms with Crippen LogP contribution in [0.3, 0.4) is 0 Å². The van der Waals surface area contributed by atoms with Gasteiger partial charge in [-0.05, 0) is 61.9 Å². The number of aromatic nitrogens is 2. The summed E-state index contributed by atoms with van der Waals surface area (Å²) in [6.07, 6.45) is -0.522. The normalized spacial score (nSPS) is 11.8. The number of benzene rings is 2. The van der Waals surface area contributed by atoms with E-state index in [1.807, 2.05) is 31.2 Å². The summed E-state index contributed by atoms with van der Waals surface area (Å²) in [4.78, 5) is 16.8. The molecule has 5 nitrogen and oxygen atoms in total. The molecule has 0 atom stereocenters. The monoisotopic (exact) mass is 440 g/mol. The van der Waals surface area contributed by atoms with Crippen LogP contribution in [0, 0.1) is 6.92 Å². The Labute approximate surface area is 183 Å². The number of fused-ring (bicyclic) bond motifs is 3. The molecule has 4 aromatic rings. The van der Waals surface area contributed by atoms with Crippen LogP contribution in [0.25, 0.3) is 21.8 Å². The molecule has 0 spiro atoms. The van der Waals surface area contributed by atoms with E-state index in [0.717, 1.165) is 59.0 Å². The minimum Gasteiger partial charge on any atom is -0.339 e. The number of nitrogens with one attached hydrogen (secondary N) is 2. The highest BCUT2D eigenvalue weighted by molar-refractivity contribution is 6.10. The molecule has 2 amide bonds. The van der Waals surface area contributed by atoms with Gasteiger partial charge in [0.15, 0.2) is 0 Å². The summed E-state index contributed by atoms with van der Waals surface area (Å²) < 4.78 is 40.4. The van der Waals surface area contributed by atoms with Crippen molar-refractivity contribution >= 4 is 39.2 Å². The molecule has 0 fully saturated rings. The number of nitrogens with zero attached hydrogens (tertiary/aromatic N) is 2. The first-order valence-electron chi connectivity index (χ1n) is 10.4. The van der Waals surface area contributed by atoms with Gasteiger partial charge in [-0.2, -0.15) is 13.2 Å². The van der Waals surface area contributed by atoms with Crippen molar-refractivity contribution in [3.63, 3.8) is 0 Å². The summed E-state index contributed by atoms with van der Waals surface area (Å²) in [6.45, 7) is 5.01. The van der Waals surface area contributed by atoms with Crippen molar-refractivity contribution in [2.75, 3.05) is 10.6 Å². The number of anilines is 2. The number of hydrogen-bond donors (Lipinski definition) is 2. The summed E-state index contributed by atoms with van der Waals surface area (Å²) in [6, 6.07) is 11.5. The molecule has 2 aromatic heterocycles. The molecular formula is C24H23F3N4O. The van der Waals surface area contributed by atoms with Gasteiger partial charge in [0.05, 0.1) is 16.8 Å². The first-order valence-corrected chi connectivity index (χ1v) is 10.4. The topological polar surface area (TPSA) is 59.0 Å². The Hall–Kier alpha value is -3.55. The minimum atomic E-state index is -4.42. The van der Waals surface area contributed by atoms with Gasteiger partial charge in [0.2, 0.25) is 0 Å². The fraction of sp³-hybridized carbons (Fsp3) is 0.250. The number of alkyl halides is 3. The van der Waals surface area contributed by atoms with Crippen LogP contribution in [0.2, 0.25) is 0 Å². The SMILES string of the molecule is CCCCn1c2ccc(NC(=O)Nc3ccc(C(F)(F)F)cc3)cc2c2ccnc(C)c21. The van der Waals surface area contributed by atoms with E-state index in [9.17, 15) is 18.0 Å². The van der Waals surface area contributed by atoms with Crippen molar-refractivity contribution < 1.29 is 18.0 Å². The van der Waals surface area contributed by atoms with Gasteiger partial charge in [0.25, 0.3) is 0 Å². The Kier molecular flexibility index (Phi) is 5.78. The zero-order valence-electron chi connectivity index (χ0n) is 17.8. The molecule has 2 heterocycles. The lowest BCUT2D eigenvalue weighted by Gasteiger charge is -2.10. The van der Waals surface area contributed by atoms with E-state index in [2.05, 4.69) is 27.1 Å². The van der Waals surface area contributed by atoms with Crippen LogP contribution in [-0.2, 0) is 12.7 Å². The van der Waals surface area contributed by atoms with Gasteiger partial charge in [-0.3, -0.25) is 4.98 Å². The van der Waals surface area contributed by atoms with E-state index >= 15 is 0 Å². The van der Waals surface area contributed by atoms with Gasteiger partial charge in [-0.25, -0.2) is 4.79 Å². The standard InChI is InChI=1S/C24H23F3N4O/c1-3-4-13-31-21-10-9-18(14-20(21)19-11-12-28-15(2)22(19)31)30-23(32)29-17-7-5-16(6-8-17)24(25,26)27/h5-12,14H,3-4,13H2,1-2H3,(H2,29,30,32). The largest absolute Gasteiger partial charge is 0.416 e. The van der Waals surface area contributed by atoms with Crippen LogP contribution in [0.5, 0.6) is 0 Å². The Bertz CT molecular complexity index is 1280. The Balaban J connectivity index is 1.59. The molecule has 0 bridgehead atoms. The zero-order chi connectivity index (χ0) is 22.9. The van der Waals surface area contributed by atoms with Crippen molar-refractivity contribution in [3.05, 3.63) is 66.0 Å². The van der Waals surface area contributed by atoms with Crippen molar-refractivity contribution in [2.45, 2.75) is 39.4 Å². The van der Waals surface area contributed by atoms with Crippen LogP contribution in [0.4, 0.5) is 29.3 Å². The lowest BCUT2D eigenvalue weighted by Crippen LogP contribution is -2.19. The smallest absolute Gasteiger partial charge is 0.339 e.